The second-order valence-electron chi connectivity index (χ2n) is 7.49. The lowest BCUT2D eigenvalue weighted by Gasteiger charge is -2.32. The molecule has 148 valence electrons. The number of carbonyl (C=O) groups is 1. The number of nitrogens with zero attached hydrogens (tertiary/aromatic N) is 4. The molecular weight excluding hydrogens is 362 g/mol. The lowest BCUT2D eigenvalue weighted by Crippen LogP contribution is -2.40. The van der Waals surface area contributed by atoms with Gasteiger partial charge in [0.2, 0.25) is 11.9 Å². The fourth-order valence-corrected chi connectivity index (χ4v) is 3.64. The van der Waals surface area contributed by atoms with Crippen molar-refractivity contribution in [3.8, 4) is 0 Å². The molecule has 0 unspecified atom stereocenters. The maximum atomic E-state index is 12.8. The van der Waals surface area contributed by atoms with Crippen LogP contribution in [0.3, 0.4) is 0 Å². The second-order valence-corrected chi connectivity index (χ2v) is 7.49. The van der Waals surface area contributed by atoms with Gasteiger partial charge in [-0.1, -0.05) is 36.4 Å². The van der Waals surface area contributed by atoms with Gasteiger partial charge in [-0.25, -0.2) is 15.0 Å². The van der Waals surface area contributed by atoms with Gasteiger partial charge in [-0.15, -0.1) is 0 Å². The minimum atomic E-state index is 0.178. The molecule has 0 aliphatic carbocycles. The summed E-state index contributed by atoms with van der Waals surface area (Å²) in [6, 6.07) is 15.8. The van der Waals surface area contributed by atoms with E-state index < -0.39 is 0 Å². The minimum absolute atomic E-state index is 0.178. The maximum absolute atomic E-state index is 12.8. The van der Waals surface area contributed by atoms with Crippen molar-refractivity contribution in [3.05, 3.63) is 77.7 Å². The van der Waals surface area contributed by atoms with Gasteiger partial charge in [-0.3, -0.25) is 4.79 Å². The van der Waals surface area contributed by atoms with Crippen LogP contribution in [-0.4, -0.2) is 38.8 Å². The van der Waals surface area contributed by atoms with Crippen molar-refractivity contribution < 1.29 is 4.79 Å². The third-order valence-electron chi connectivity index (χ3n) is 5.22. The monoisotopic (exact) mass is 387 g/mol. The molecule has 1 fully saturated rings. The van der Waals surface area contributed by atoms with Crippen molar-refractivity contribution >= 4 is 17.7 Å². The van der Waals surface area contributed by atoms with Gasteiger partial charge in [-0.2, -0.15) is 0 Å². The first-order valence-corrected chi connectivity index (χ1v) is 10.0. The van der Waals surface area contributed by atoms with E-state index in [0.717, 1.165) is 42.0 Å². The van der Waals surface area contributed by atoms with Crippen molar-refractivity contribution in [1.29, 1.82) is 0 Å². The van der Waals surface area contributed by atoms with E-state index in [1.54, 1.807) is 6.20 Å². The van der Waals surface area contributed by atoms with Crippen LogP contribution in [0.25, 0.3) is 0 Å². The fourth-order valence-electron chi connectivity index (χ4n) is 3.64. The first-order chi connectivity index (χ1) is 14.2. The summed E-state index contributed by atoms with van der Waals surface area (Å²) in [5.41, 5.74) is 3.12. The quantitative estimate of drug-likeness (QED) is 0.720. The minimum Gasteiger partial charge on any atom is -0.342 e. The van der Waals surface area contributed by atoms with Crippen LogP contribution in [0, 0.1) is 6.92 Å². The van der Waals surface area contributed by atoms with Crippen LogP contribution < -0.4 is 5.32 Å². The van der Waals surface area contributed by atoms with Gasteiger partial charge in [0.05, 0.1) is 12.1 Å². The van der Waals surface area contributed by atoms with Gasteiger partial charge in [-0.05, 0) is 43.0 Å². The van der Waals surface area contributed by atoms with E-state index in [1.165, 1.54) is 0 Å². The highest BCUT2D eigenvalue weighted by Gasteiger charge is 2.26. The third kappa shape index (κ3) is 4.96. The van der Waals surface area contributed by atoms with Gasteiger partial charge in [0.1, 0.15) is 5.82 Å². The van der Waals surface area contributed by atoms with Gasteiger partial charge in [0.25, 0.3) is 0 Å². The number of hydrogen-bond donors (Lipinski definition) is 1. The molecule has 4 rings (SSSR count). The van der Waals surface area contributed by atoms with E-state index >= 15 is 0 Å². The van der Waals surface area contributed by atoms with E-state index in [1.807, 2.05) is 66.6 Å². The molecular formula is C23H25N5O. The van der Waals surface area contributed by atoms with Crippen molar-refractivity contribution in [2.24, 2.45) is 0 Å². The summed E-state index contributed by atoms with van der Waals surface area (Å²) < 4.78 is 0. The molecule has 1 aliphatic rings. The molecule has 2 aromatic heterocycles. The Morgan fingerprint density at radius 3 is 2.79 bits per heavy atom. The van der Waals surface area contributed by atoms with E-state index in [2.05, 4.69) is 15.3 Å². The average molecular weight is 387 g/mol. The summed E-state index contributed by atoms with van der Waals surface area (Å²) in [5, 5.41) is 3.16. The van der Waals surface area contributed by atoms with E-state index in [9.17, 15) is 4.79 Å². The number of aromatic nitrogens is 3. The van der Waals surface area contributed by atoms with Gasteiger partial charge >= 0.3 is 0 Å². The van der Waals surface area contributed by atoms with Crippen LogP contribution in [0.15, 0.2) is 60.9 Å². The molecule has 1 aliphatic heterocycles. The largest absolute Gasteiger partial charge is 0.342 e. The average Bonchev–Trinajstić information content (AvgIpc) is 2.76. The topological polar surface area (TPSA) is 71.0 Å². The molecule has 1 atom stereocenters. The molecule has 3 aromatic rings. The zero-order valence-corrected chi connectivity index (χ0v) is 16.6. The normalized spacial score (nSPS) is 16.4. The molecule has 0 spiro atoms. The number of rotatable bonds is 5. The summed E-state index contributed by atoms with van der Waals surface area (Å²) in [6.07, 6.45) is 6.03. The highest BCUT2D eigenvalue weighted by atomic mass is 16.2. The number of hydrogen-bond acceptors (Lipinski definition) is 5. The van der Waals surface area contributed by atoms with E-state index in [4.69, 9.17) is 4.98 Å². The van der Waals surface area contributed by atoms with E-state index in [0.29, 0.717) is 18.9 Å². The number of nitrogens with one attached hydrogen (secondary N) is 1. The summed E-state index contributed by atoms with van der Waals surface area (Å²) >= 11 is 0. The highest BCUT2D eigenvalue weighted by molar-refractivity contribution is 5.79. The molecule has 0 saturated carbocycles. The highest BCUT2D eigenvalue weighted by Crippen LogP contribution is 2.26. The number of piperidine rings is 1. The van der Waals surface area contributed by atoms with Crippen molar-refractivity contribution in [2.45, 2.75) is 32.1 Å². The van der Waals surface area contributed by atoms with Crippen molar-refractivity contribution in [3.63, 3.8) is 0 Å². The maximum Gasteiger partial charge on any atom is 0.228 e. The van der Waals surface area contributed by atoms with Gasteiger partial charge in [0, 0.05) is 31.4 Å². The van der Waals surface area contributed by atoms with Crippen LogP contribution in [0.5, 0.6) is 0 Å². The molecule has 6 nitrogen and oxygen atoms in total. The standard InChI is InChI=1S/C23H25N5O/c1-17-9-10-21(25-15-17)27-23-24-12-11-20(26-23)19-8-5-13-28(16-19)22(29)14-18-6-3-2-4-7-18/h2-4,6-7,9-12,15,19H,5,8,13-14,16H2,1H3,(H,24,25,26,27)/t19-/m0/s1. The Morgan fingerprint density at radius 1 is 1.14 bits per heavy atom. The Morgan fingerprint density at radius 2 is 2.00 bits per heavy atom. The Balaban J connectivity index is 1.42. The number of pyridine rings is 1. The molecule has 29 heavy (non-hydrogen) atoms. The van der Waals surface area contributed by atoms with Crippen LogP contribution >= 0.6 is 0 Å². The Hall–Kier alpha value is -3.28. The number of aryl methyl sites for hydroxylation is 1. The van der Waals surface area contributed by atoms with Crippen LogP contribution in [0.2, 0.25) is 0 Å². The Kier molecular flexibility index (Phi) is 5.79. The molecule has 0 bridgehead atoms. The van der Waals surface area contributed by atoms with Crippen LogP contribution in [-0.2, 0) is 11.2 Å². The van der Waals surface area contributed by atoms with Crippen LogP contribution in [0.4, 0.5) is 11.8 Å². The fraction of sp³-hybridized carbons (Fsp3) is 0.304. The van der Waals surface area contributed by atoms with Crippen molar-refractivity contribution in [1.82, 2.24) is 19.9 Å². The number of carbonyl (C=O) groups excluding carboxylic acids is 1. The number of benzene rings is 1. The van der Waals surface area contributed by atoms with Gasteiger partial charge < -0.3 is 10.2 Å². The molecule has 1 amide bonds. The summed E-state index contributed by atoms with van der Waals surface area (Å²) in [7, 11) is 0. The first-order valence-electron chi connectivity index (χ1n) is 10.0. The zero-order chi connectivity index (χ0) is 20.1. The predicted octanol–water partition coefficient (Wildman–Crippen LogP) is 3.87. The molecule has 1 N–H and O–H groups in total. The molecule has 0 radical (unpaired) electrons. The molecule has 3 heterocycles. The lowest BCUT2D eigenvalue weighted by atomic mass is 9.94. The Labute approximate surface area is 171 Å². The third-order valence-corrected chi connectivity index (χ3v) is 5.22. The molecule has 1 saturated heterocycles. The number of likely N-dealkylation sites (tertiary alicyclic amines) is 1. The number of anilines is 2. The van der Waals surface area contributed by atoms with Gasteiger partial charge in [0.15, 0.2) is 0 Å². The van der Waals surface area contributed by atoms with E-state index in [-0.39, 0.29) is 11.8 Å². The zero-order valence-electron chi connectivity index (χ0n) is 16.6. The first kappa shape index (κ1) is 19.1. The Bertz CT molecular complexity index is 959. The SMILES string of the molecule is Cc1ccc(Nc2nccc([C@H]3CCCN(C(=O)Cc4ccccc4)C3)n2)nc1. The molecule has 6 heteroatoms. The smallest absolute Gasteiger partial charge is 0.228 e. The predicted molar refractivity (Wildman–Crippen MR) is 113 cm³/mol. The summed E-state index contributed by atoms with van der Waals surface area (Å²) in [5.74, 6) is 1.65. The van der Waals surface area contributed by atoms with Crippen LogP contribution in [0.1, 0.15) is 35.6 Å². The van der Waals surface area contributed by atoms with Crippen molar-refractivity contribution in [2.75, 3.05) is 18.4 Å². The number of amides is 1. The molecule has 1 aromatic carbocycles. The lowest BCUT2D eigenvalue weighted by molar-refractivity contribution is -0.131. The summed E-state index contributed by atoms with van der Waals surface area (Å²) in [4.78, 5) is 28.1. The second kappa shape index (κ2) is 8.82. The summed E-state index contributed by atoms with van der Waals surface area (Å²) in [6.45, 7) is 3.51.